The van der Waals surface area contributed by atoms with Crippen LogP contribution in [0.25, 0.3) is 0 Å². The van der Waals surface area contributed by atoms with Gasteiger partial charge in [0.1, 0.15) is 5.76 Å². The molecule has 1 aromatic rings. The lowest BCUT2D eigenvalue weighted by molar-refractivity contribution is -0.148. The van der Waals surface area contributed by atoms with Gasteiger partial charge < -0.3 is 14.4 Å². The zero-order valence-corrected chi connectivity index (χ0v) is 11.3. The van der Waals surface area contributed by atoms with Crippen LogP contribution in [-0.4, -0.2) is 35.0 Å². The normalized spacial score (nSPS) is 22.7. The number of aryl methyl sites for hydroxylation is 1. The minimum absolute atomic E-state index is 0.134. The quantitative estimate of drug-likeness (QED) is 0.906. The van der Waals surface area contributed by atoms with Crippen molar-refractivity contribution >= 4 is 11.9 Å². The van der Waals surface area contributed by atoms with Crippen molar-refractivity contribution in [3.8, 4) is 0 Å². The van der Waals surface area contributed by atoms with Gasteiger partial charge in [0.15, 0.2) is 0 Å². The summed E-state index contributed by atoms with van der Waals surface area (Å²) in [4.78, 5) is 25.4. The predicted molar refractivity (Wildman–Crippen MR) is 68.9 cm³/mol. The average molecular weight is 265 g/mol. The molecule has 1 unspecified atom stereocenters. The SMILES string of the molecule is CCCC1(C(=O)O)CCN(C(=O)c2ccoc2C)C1. The van der Waals surface area contributed by atoms with Gasteiger partial charge in [-0.1, -0.05) is 13.3 Å². The van der Waals surface area contributed by atoms with E-state index < -0.39 is 11.4 Å². The van der Waals surface area contributed by atoms with Crippen LogP contribution in [0.15, 0.2) is 16.7 Å². The first kappa shape index (κ1) is 13.6. The Morgan fingerprint density at radius 3 is 2.79 bits per heavy atom. The Morgan fingerprint density at radius 2 is 2.26 bits per heavy atom. The van der Waals surface area contributed by atoms with Gasteiger partial charge in [-0.25, -0.2) is 0 Å². The second kappa shape index (κ2) is 5.07. The lowest BCUT2D eigenvalue weighted by Gasteiger charge is -2.24. The second-order valence-electron chi connectivity index (χ2n) is 5.20. The third-order valence-electron chi connectivity index (χ3n) is 3.91. The van der Waals surface area contributed by atoms with Crippen molar-refractivity contribution in [1.82, 2.24) is 4.90 Å². The fraction of sp³-hybridized carbons (Fsp3) is 0.571. The Labute approximate surface area is 112 Å². The summed E-state index contributed by atoms with van der Waals surface area (Å²) in [6, 6.07) is 1.64. The van der Waals surface area contributed by atoms with E-state index in [1.807, 2.05) is 6.92 Å². The smallest absolute Gasteiger partial charge is 0.311 e. The van der Waals surface area contributed by atoms with Crippen LogP contribution < -0.4 is 0 Å². The highest BCUT2D eigenvalue weighted by atomic mass is 16.4. The van der Waals surface area contributed by atoms with Crippen molar-refractivity contribution in [1.29, 1.82) is 0 Å². The molecule has 104 valence electrons. The van der Waals surface area contributed by atoms with Gasteiger partial charge in [-0.2, -0.15) is 0 Å². The van der Waals surface area contributed by atoms with E-state index in [1.54, 1.807) is 17.9 Å². The summed E-state index contributed by atoms with van der Waals surface area (Å²) in [7, 11) is 0. The molecule has 19 heavy (non-hydrogen) atoms. The van der Waals surface area contributed by atoms with Crippen molar-refractivity contribution in [2.24, 2.45) is 5.41 Å². The molecule has 1 amide bonds. The van der Waals surface area contributed by atoms with Gasteiger partial charge in [0.05, 0.1) is 17.2 Å². The van der Waals surface area contributed by atoms with Gasteiger partial charge >= 0.3 is 5.97 Å². The molecule has 1 aliphatic rings. The molecule has 2 rings (SSSR count). The second-order valence-corrected chi connectivity index (χ2v) is 5.20. The maximum absolute atomic E-state index is 12.3. The Kier molecular flexibility index (Phi) is 3.64. The molecular formula is C14H19NO4. The minimum Gasteiger partial charge on any atom is -0.481 e. The highest BCUT2D eigenvalue weighted by Gasteiger charge is 2.45. The van der Waals surface area contributed by atoms with Crippen LogP contribution >= 0.6 is 0 Å². The number of carbonyl (C=O) groups is 2. The van der Waals surface area contributed by atoms with Gasteiger partial charge in [0.2, 0.25) is 0 Å². The van der Waals surface area contributed by atoms with Crippen molar-refractivity contribution < 1.29 is 19.1 Å². The summed E-state index contributed by atoms with van der Waals surface area (Å²) in [5.74, 6) is -0.354. The molecule has 0 aromatic carbocycles. The minimum atomic E-state index is -0.798. The van der Waals surface area contributed by atoms with Crippen LogP contribution in [0.2, 0.25) is 0 Å². The highest BCUT2D eigenvalue weighted by molar-refractivity contribution is 5.95. The predicted octanol–water partition coefficient (Wildman–Crippen LogP) is 2.31. The molecule has 0 radical (unpaired) electrons. The van der Waals surface area contributed by atoms with E-state index in [1.165, 1.54) is 6.26 Å². The lowest BCUT2D eigenvalue weighted by Crippen LogP contribution is -2.37. The maximum Gasteiger partial charge on any atom is 0.311 e. The average Bonchev–Trinajstić information content (AvgIpc) is 2.96. The molecule has 1 aliphatic heterocycles. The summed E-state index contributed by atoms with van der Waals surface area (Å²) in [6.07, 6.45) is 3.42. The summed E-state index contributed by atoms with van der Waals surface area (Å²) in [5.41, 5.74) is -0.250. The number of hydrogen-bond acceptors (Lipinski definition) is 3. The third-order valence-corrected chi connectivity index (χ3v) is 3.91. The topological polar surface area (TPSA) is 70.8 Å². The zero-order chi connectivity index (χ0) is 14.0. The van der Waals surface area contributed by atoms with E-state index in [0.29, 0.717) is 37.3 Å². The first-order chi connectivity index (χ1) is 9.00. The van der Waals surface area contributed by atoms with Crippen molar-refractivity contribution in [3.63, 3.8) is 0 Å². The Hall–Kier alpha value is -1.78. The Balaban J connectivity index is 2.15. The van der Waals surface area contributed by atoms with E-state index in [0.717, 1.165) is 6.42 Å². The summed E-state index contributed by atoms with van der Waals surface area (Å²) >= 11 is 0. The van der Waals surface area contributed by atoms with Crippen LogP contribution in [0.3, 0.4) is 0 Å². The number of carboxylic acid groups (broad SMARTS) is 1. The number of amides is 1. The number of aliphatic carboxylic acids is 1. The van der Waals surface area contributed by atoms with E-state index in [4.69, 9.17) is 4.42 Å². The van der Waals surface area contributed by atoms with E-state index in [-0.39, 0.29) is 5.91 Å². The molecular weight excluding hydrogens is 246 g/mol. The maximum atomic E-state index is 12.3. The molecule has 1 saturated heterocycles. The molecule has 1 atom stereocenters. The number of hydrogen-bond donors (Lipinski definition) is 1. The largest absolute Gasteiger partial charge is 0.481 e. The van der Waals surface area contributed by atoms with Crippen LogP contribution in [0.4, 0.5) is 0 Å². The molecule has 0 saturated carbocycles. The molecule has 0 bridgehead atoms. The number of rotatable bonds is 4. The fourth-order valence-electron chi connectivity index (χ4n) is 2.79. The van der Waals surface area contributed by atoms with Gasteiger partial charge in [-0.05, 0) is 25.8 Å². The molecule has 0 aliphatic carbocycles. The molecule has 1 fully saturated rings. The molecule has 5 nitrogen and oxygen atoms in total. The number of carbonyl (C=O) groups excluding carboxylic acids is 1. The summed E-state index contributed by atoms with van der Waals surface area (Å²) < 4.78 is 5.13. The number of carboxylic acids is 1. The van der Waals surface area contributed by atoms with E-state index >= 15 is 0 Å². The van der Waals surface area contributed by atoms with Gasteiger partial charge in [0, 0.05) is 13.1 Å². The lowest BCUT2D eigenvalue weighted by atomic mass is 9.83. The molecule has 2 heterocycles. The summed E-state index contributed by atoms with van der Waals surface area (Å²) in [5, 5.41) is 9.42. The first-order valence-corrected chi connectivity index (χ1v) is 6.57. The Morgan fingerprint density at radius 1 is 1.53 bits per heavy atom. The monoisotopic (exact) mass is 265 g/mol. The fourth-order valence-corrected chi connectivity index (χ4v) is 2.79. The first-order valence-electron chi connectivity index (χ1n) is 6.57. The van der Waals surface area contributed by atoms with Crippen LogP contribution in [0.5, 0.6) is 0 Å². The summed E-state index contributed by atoms with van der Waals surface area (Å²) in [6.45, 7) is 4.49. The van der Waals surface area contributed by atoms with Crippen molar-refractivity contribution in [2.45, 2.75) is 33.1 Å². The van der Waals surface area contributed by atoms with Crippen molar-refractivity contribution in [3.05, 3.63) is 23.7 Å². The standard InChI is InChI=1S/C14H19NO4/c1-3-5-14(13(17)18)6-7-15(9-14)12(16)11-4-8-19-10(11)2/h4,8H,3,5-7,9H2,1-2H3,(H,17,18). The van der Waals surface area contributed by atoms with E-state index in [9.17, 15) is 14.7 Å². The van der Waals surface area contributed by atoms with Gasteiger partial charge in [0.25, 0.3) is 5.91 Å². The Bertz CT molecular complexity index is 493. The zero-order valence-electron chi connectivity index (χ0n) is 11.3. The molecule has 0 spiro atoms. The molecule has 5 heteroatoms. The highest BCUT2D eigenvalue weighted by Crippen LogP contribution is 2.36. The number of furan rings is 1. The number of nitrogens with zero attached hydrogens (tertiary/aromatic N) is 1. The third kappa shape index (κ3) is 2.37. The van der Waals surface area contributed by atoms with Gasteiger partial charge in [-0.15, -0.1) is 0 Å². The van der Waals surface area contributed by atoms with Crippen LogP contribution in [-0.2, 0) is 4.79 Å². The van der Waals surface area contributed by atoms with Gasteiger partial charge in [-0.3, -0.25) is 9.59 Å². The molecule has 1 aromatic heterocycles. The van der Waals surface area contributed by atoms with Crippen molar-refractivity contribution in [2.75, 3.05) is 13.1 Å². The number of likely N-dealkylation sites (tertiary alicyclic amines) is 1. The van der Waals surface area contributed by atoms with Crippen LogP contribution in [0.1, 0.15) is 42.3 Å². The van der Waals surface area contributed by atoms with Crippen LogP contribution in [0, 0.1) is 12.3 Å². The van der Waals surface area contributed by atoms with E-state index in [2.05, 4.69) is 0 Å². The molecule has 1 N–H and O–H groups in total.